The zero-order valence-electron chi connectivity index (χ0n) is 12.0. The lowest BCUT2D eigenvalue weighted by Crippen LogP contribution is -2.22. The molecule has 0 fully saturated rings. The SMILES string of the molecule is Cc1ccc(CSC2=NN(C)c3cn[nH]c(=O)c3S2)c(Cl)c1. The number of anilines is 1. The van der Waals surface area contributed by atoms with E-state index < -0.39 is 0 Å². The summed E-state index contributed by atoms with van der Waals surface area (Å²) in [5, 5.41) is 13.1. The Labute approximate surface area is 141 Å². The minimum atomic E-state index is -0.198. The van der Waals surface area contributed by atoms with Crippen LogP contribution in [0.25, 0.3) is 0 Å². The van der Waals surface area contributed by atoms with E-state index in [4.69, 9.17) is 11.6 Å². The first-order valence-corrected chi connectivity index (χ1v) is 8.68. The molecule has 0 saturated carbocycles. The van der Waals surface area contributed by atoms with Crippen LogP contribution in [0.1, 0.15) is 11.1 Å². The van der Waals surface area contributed by atoms with Crippen molar-refractivity contribution >= 4 is 45.2 Å². The zero-order valence-corrected chi connectivity index (χ0v) is 14.3. The molecule has 0 unspecified atom stereocenters. The fraction of sp³-hybridized carbons (Fsp3) is 0.214. The van der Waals surface area contributed by atoms with Crippen molar-refractivity contribution in [3.8, 4) is 0 Å². The molecule has 0 spiro atoms. The minimum absolute atomic E-state index is 0.198. The van der Waals surface area contributed by atoms with Crippen LogP contribution < -0.4 is 10.6 Å². The van der Waals surface area contributed by atoms with Crippen molar-refractivity contribution < 1.29 is 0 Å². The number of aryl methyl sites for hydroxylation is 1. The fourth-order valence-electron chi connectivity index (χ4n) is 1.96. The summed E-state index contributed by atoms with van der Waals surface area (Å²) in [5.74, 6) is 0.705. The van der Waals surface area contributed by atoms with Crippen molar-refractivity contribution in [2.45, 2.75) is 17.6 Å². The number of hydrazone groups is 1. The molecule has 1 aliphatic rings. The number of hydrogen-bond donors (Lipinski definition) is 1. The maximum absolute atomic E-state index is 11.9. The van der Waals surface area contributed by atoms with Gasteiger partial charge in [0.25, 0.3) is 5.56 Å². The quantitative estimate of drug-likeness (QED) is 0.896. The summed E-state index contributed by atoms with van der Waals surface area (Å²) >= 11 is 9.17. The van der Waals surface area contributed by atoms with Gasteiger partial charge in [-0.05, 0) is 24.1 Å². The monoisotopic (exact) mass is 352 g/mol. The van der Waals surface area contributed by atoms with Gasteiger partial charge in [0.15, 0.2) is 4.38 Å². The third-order valence-corrected chi connectivity index (χ3v) is 5.72. The molecule has 0 atom stereocenters. The van der Waals surface area contributed by atoms with Crippen LogP contribution in [-0.2, 0) is 5.75 Å². The van der Waals surface area contributed by atoms with Gasteiger partial charge >= 0.3 is 0 Å². The molecule has 1 N–H and O–H groups in total. The van der Waals surface area contributed by atoms with E-state index in [2.05, 4.69) is 15.3 Å². The van der Waals surface area contributed by atoms with Gasteiger partial charge in [0.05, 0.1) is 11.9 Å². The number of aromatic nitrogens is 2. The van der Waals surface area contributed by atoms with E-state index >= 15 is 0 Å². The smallest absolute Gasteiger partial charge is 0.267 e. The van der Waals surface area contributed by atoms with Crippen molar-refractivity contribution in [3.63, 3.8) is 0 Å². The molecule has 0 amide bonds. The minimum Gasteiger partial charge on any atom is -0.267 e. The standard InChI is InChI=1S/C14H13ClN4OS2/c1-8-3-4-9(10(15)5-8)7-21-14-18-19(2)11-6-16-17-13(20)12(11)22-14/h3-6H,7H2,1-2H3,(H,17,20). The number of rotatable bonds is 2. The molecular formula is C14H13ClN4OS2. The second-order valence-electron chi connectivity index (χ2n) is 4.79. The van der Waals surface area contributed by atoms with Crippen molar-refractivity contribution in [1.82, 2.24) is 10.2 Å². The fourth-order valence-corrected chi connectivity index (χ4v) is 4.48. The van der Waals surface area contributed by atoms with Gasteiger partial charge in [-0.15, -0.1) is 0 Å². The van der Waals surface area contributed by atoms with Crippen LogP contribution in [-0.4, -0.2) is 21.6 Å². The zero-order chi connectivity index (χ0) is 15.7. The highest BCUT2D eigenvalue weighted by molar-refractivity contribution is 8.38. The second-order valence-corrected chi connectivity index (χ2v) is 7.42. The average Bonchev–Trinajstić information content (AvgIpc) is 2.47. The molecule has 0 bridgehead atoms. The Hall–Kier alpha value is -1.44. The summed E-state index contributed by atoms with van der Waals surface area (Å²) in [5.41, 5.74) is 2.70. The lowest BCUT2D eigenvalue weighted by Gasteiger charge is -2.21. The summed E-state index contributed by atoms with van der Waals surface area (Å²) in [6, 6.07) is 6.01. The first-order valence-electron chi connectivity index (χ1n) is 6.50. The summed E-state index contributed by atoms with van der Waals surface area (Å²) < 4.78 is 0.809. The predicted molar refractivity (Wildman–Crippen MR) is 94.0 cm³/mol. The van der Waals surface area contributed by atoms with Gasteiger partial charge in [-0.2, -0.15) is 10.2 Å². The highest BCUT2D eigenvalue weighted by Gasteiger charge is 2.21. The summed E-state index contributed by atoms with van der Waals surface area (Å²) in [7, 11) is 1.80. The first-order chi connectivity index (χ1) is 10.5. The molecule has 3 rings (SSSR count). The van der Waals surface area contributed by atoms with Crippen molar-refractivity contribution in [2.24, 2.45) is 5.10 Å². The Morgan fingerprint density at radius 3 is 3.05 bits per heavy atom. The van der Waals surface area contributed by atoms with Crippen LogP contribution in [0.15, 0.2) is 39.2 Å². The number of hydrogen-bond acceptors (Lipinski definition) is 6. The molecule has 0 saturated heterocycles. The highest BCUT2D eigenvalue weighted by Crippen LogP contribution is 2.36. The van der Waals surface area contributed by atoms with E-state index in [1.807, 2.05) is 25.1 Å². The number of H-pyrrole nitrogens is 1. The number of halogens is 1. The lowest BCUT2D eigenvalue weighted by molar-refractivity contribution is 0.899. The molecule has 114 valence electrons. The van der Waals surface area contributed by atoms with Gasteiger partial charge in [-0.25, -0.2) is 5.10 Å². The Balaban J connectivity index is 1.77. The van der Waals surface area contributed by atoms with Crippen molar-refractivity contribution in [1.29, 1.82) is 0 Å². The molecule has 5 nitrogen and oxygen atoms in total. The molecular weight excluding hydrogens is 340 g/mol. The van der Waals surface area contributed by atoms with Gasteiger partial charge in [0.1, 0.15) is 4.90 Å². The Bertz CT molecular complexity index is 806. The third-order valence-electron chi connectivity index (χ3n) is 3.12. The van der Waals surface area contributed by atoms with Crippen LogP contribution in [0.5, 0.6) is 0 Å². The summed E-state index contributed by atoms with van der Waals surface area (Å²) in [4.78, 5) is 12.5. The van der Waals surface area contributed by atoms with Crippen LogP contribution >= 0.6 is 35.1 Å². The molecule has 8 heteroatoms. The van der Waals surface area contributed by atoms with Gasteiger partial charge in [-0.3, -0.25) is 9.80 Å². The van der Waals surface area contributed by atoms with Crippen LogP contribution in [0.4, 0.5) is 5.69 Å². The lowest BCUT2D eigenvalue weighted by atomic mass is 10.2. The van der Waals surface area contributed by atoms with E-state index in [1.54, 1.807) is 30.0 Å². The van der Waals surface area contributed by atoms with Crippen LogP contribution in [0.2, 0.25) is 5.02 Å². The van der Waals surface area contributed by atoms with Gasteiger partial charge in [0.2, 0.25) is 0 Å². The van der Waals surface area contributed by atoms with E-state index in [-0.39, 0.29) is 5.56 Å². The molecule has 2 heterocycles. The predicted octanol–water partition coefficient (Wildman–Crippen LogP) is 3.48. The number of nitrogens with one attached hydrogen (secondary N) is 1. The summed E-state index contributed by atoms with van der Waals surface area (Å²) in [6.07, 6.45) is 1.60. The Morgan fingerprint density at radius 2 is 2.27 bits per heavy atom. The average molecular weight is 353 g/mol. The number of fused-ring (bicyclic) bond motifs is 1. The Kier molecular flexibility index (Phi) is 4.46. The van der Waals surface area contributed by atoms with Crippen LogP contribution in [0.3, 0.4) is 0 Å². The van der Waals surface area contributed by atoms with Crippen LogP contribution in [0, 0.1) is 6.92 Å². The normalized spacial score (nSPS) is 13.8. The van der Waals surface area contributed by atoms with E-state index in [0.717, 1.165) is 20.5 Å². The maximum atomic E-state index is 11.9. The van der Waals surface area contributed by atoms with E-state index in [1.165, 1.54) is 11.8 Å². The van der Waals surface area contributed by atoms with Gasteiger partial charge in [-0.1, -0.05) is 47.3 Å². The van der Waals surface area contributed by atoms with Gasteiger partial charge < -0.3 is 0 Å². The maximum Gasteiger partial charge on any atom is 0.280 e. The third kappa shape index (κ3) is 3.16. The number of thioether (sulfide) groups is 2. The second kappa shape index (κ2) is 6.36. The topological polar surface area (TPSA) is 61.4 Å². The number of benzene rings is 1. The molecule has 22 heavy (non-hydrogen) atoms. The largest absolute Gasteiger partial charge is 0.280 e. The summed E-state index contributed by atoms with van der Waals surface area (Å²) in [6.45, 7) is 2.01. The molecule has 0 radical (unpaired) electrons. The van der Waals surface area contributed by atoms with Crippen molar-refractivity contribution in [2.75, 3.05) is 12.1 Å². The van der Waals surface area contributed by atoms with E-state index in [9.17, 15) is 4.79 Å². The van der Waals surface area contributed by atoms with E-state index in [0.29, 0.717) is 16.3 Å². The number of nitrogens with zero attached hydrogens (tertiary/aromatic N) is 3. The molecule has 0 aliphatic carbocycles. The molecule has 1 aliphatic heterocycles. The van der Waals surface area contributed by atoms with Gasteiger partial charge in [0, 0.05) is 17.8 Å². The van der Waals surface area contributed by atoms with Crippen molar-refractivity contribution in [3.05, 3.63) is 50.9 Å². The first kappa shape index (κ1) is 15.5. The number of aromatic amines is 1. The molecule has 2 aromatic rings. The highest BCUT2D eigenvalue weighted by atomic mass is 35.5. The molecule has 1 aromatic carbocycles. The Morgan fingerprint density at radius 1 is 1.45 bits per heavy atom. The molecule has 1 aromatic heterocycles.